The fourth-order valence-corrected chi connectivity index (χ4v) is 5.07. The van der Waals surface area contributed by atoms with Gasteiger partial charge in [-0.15, -0.1) is 0 Å². The van der Waals surface area contributed by atoms with Crippen LogP contribution >= 0.6 is 11.3 Å². The molecule has 9 heteroatoms. The zero-order valence-corrected chi connectivity index (χ0v) is 19.2. The van der Waals surface area contributed by atoms with Gasteiger partial charge in [-0.3, -0.25) is 10.1 Å². The molecule has 4 rings (SSSR count). The Morgan fingerprint density at radius 3 is 2.72 bits per heavy atom. The number of rotatable bonds is 6. The van der Waals surface area contributed by atoms with Gasteiger partial charge in [0.2, 0.25) is 5.91 Å². The summed E-state index contributed by atoms with van der Waals surface area (Å²) in [4.78, 5) is 32.3. The maximum Gasteiger partial charge on any atom is 0.321 e. The van der Waals surface area contributed by atoms with E-state index in [0.29, 0.717) is 36.1 Å². The van der Waals surface area contributed by atoms with Crippen molar-refractivity contribution in [2.45, 2.75) is 44.7 Å². The second-order valence-corrected chi connectivity index (χ2v) is 9.01. The largest absolute Gasteiger partial charge is 0.493 e. The van der Waals surface area contributed by atoms with Gasteiger partial charge < -0.3 is 19.7 Å². The lowest BCUT2D eigenvalue weighted by atomic mass is 10.1. The number of benzene rings is 1. The zero-order chi connectivity index (χ0) is 22.5. The molecule has 1 aliphatic carbocycles. The van der Waals surface area contributed by atoms with Crippen LogP contribution in [0.5, 0.6) is 11.5 Å². The van der Waals surface area contributed by atoms with Crippen LogP contribution in [0.25, 0.3) is 6.08 Å². The van der Waals surface area contributed by atoms with E-state index >= 15 is 0 Å². The second-order valence-electron chi connectivity index (χ2n) is 7.93. The standard InChI is InChI=1S/C23H28N4O4S/c1-30-18-9-7-15(13-19(18)31-2)8-10-21(28)27-12-11-17-20(14-27)32-23(25-17)26-22(29)24-16-5-3-4-6-16/h7-10,13,16H,3-6,11-12,14H2,1-2H3,(H2,24,25,26,29)/b10-8+. The number of amides is 3. The summed E-state index contributed by atoms with van der Waals surface area (Å²) < 4.78 is 10.6. The van der Waals surface area contributed by atoms with Crippen molar-refractivity contribution in [3.63, 3.8) is 0 Å². The molecule has 2 aromatic rings. The van der Waals surface area contributed by atoms with Gasteiger partial charge in [-0.2, -0.15) is 0 Å². The number of anilines is 1. The highest BCUT2D eigenvalue weighted by Crippen LogP contribution is 2.30. The Labute approximate surface area is 191 Å². The van der Waals surface area contributed by atoms with Crippen LogP contribution in [0.2, 0.25) is 0 Å². The van der Waals surface area contributed by atoms with Crippen LogP contribution in [0.4, 0.5) is 9.93 Å². The Kier molecular flexibility index (Phi) is 6.94. The number of ether oxygens (including phenoxy) is 2. The summed E-state index contributed by atoms with van der Waals surface area (Å²) in [6.45, 7) is 1.09. The molecule has 0 spiro atoms. The highest BCUT2D eigenvalue weighted by molar-refractivity contribution is 7.15. The van der Waals surface area contributed by atoms with E-state index in [0.717, 1.165) is 29.0 Å². The molecule has 8 nitrogen and oxygen atoms in total. The third-order valence-electron chi connectivity index (χ3n) is 5.78. The molecule has 0 radical (unpaired) electrons. The number of nitrogens with one attached hydrogen (secondary N) is 2. The van der Waals surface area contributed by atoms with Crippen LogP contribution < -0.4 is 20.1 Å². The fourth-order valence-electron chi connectivity index (χ4n) is 4.06. The molecule has 0 atom stereocenters. The van der Waals surface area contributed by atoms with E-state index in [-0.39, 0.29) is 18.0 Å². The number of carbonyl (C=O) groups is 2. The normalized spacial score (nSPS) is 16.1. The summed E-state index contributed by atoms with van der Waals surface area (Å²) in [6.07, 6.45) is 8.43. The van der Waals surface area contributed by atoms with Gasteiger partial charge in [0.1, 0.15) is 0 Å². The first kappa shape index (κ1) is 22.1. The van der Waals surface area contributed by atoms with Crippen molar-refractivity contribution in [2.24, 2.45) is 0 Å². The topological polar surface area (TPSA) is 92.8 Å². The summed E-state index contributed by atoms with van der Waals surface area (Å²) in [5.41, 5.74) is 1.81. The maximum atomic E-state index is 12.7. The molecule has 3 amide bonds. The summed E-state index contributed by atoms with van der Waals surface area (Å²) in [7, 11) is 3.17. The van der Waals surface area contributed by atoms with Crippen LogP contribution in [0.15, 0.2) is 24.3 Å². The molecule has 1 aromatic heterocycles. The minimum absolute atomic E-state index is 0.0627. The van der Waals surface area contributed by atoms with Crippen molar-refractivity contribution < 1.29 is 19.1 Å². The van der Waals surface area contributed by atoms with Gasteiger partial charge in [0.25, 0.3) is 0 Å². The van der Waals surface area contributed by atoms with E-state index in [4.69, 9.17) is 9.47 Å². The van der Waals surface area contributed by atoms with E-state index in [9.17, 15) is 9.59 Å². The average Bonchev–Trinajstić information content (AvgIpc) is 3.45. The van der Waals surface area contributed by atoms with E-state index in [1.54, 1.807) is 31.3 Å². The molecule has 1 aliphatic heterocycles. The molecule has 1 aromatic carbocycles. The van der Waals surface area contributed by atoms with Crippen molar-refractivity contribution in [1.82, 2.24) is 15.2 Å². The highest BCUT2D eigenvalue weighted by Gasteiger charge is 2.24. The minimum atomic E-state index is -0.200. The Balaban J connectivity index is 1.35. The molecule has 170 valence electrons. The number of carbonyl (C=O) groups excluding carboxylic acids is 2. The molecular weight excluding hydrogens is 428 g/mol. The third kappa shape index (κ3) is 5.21. The first-order valence-corrected chi connectivity index (χ1v) is 11.6. The van der Waals surface area contributed by atoms with Crippen molar-refractivity contribution in [1.29, 1.82) is 0 Å². The molecule has 1 saturated carbocycles. The Bertz CT molecular complexity index is 1010. The van der Waals surface area contributed by atoms with Crippen LogP contribution in [-0.2, 0) is 17.8 Å². The number of thiazole rings is 1. The molecule has 0 bridgehead atoms. The number of aromatic nitrogens is 1. The van der Waals surface area contributed by atoms with Crippen LogP contribution in [0, 0.1) is 0 Å². The number of nitrogens with zero attached hydrogens (tertiary/aromatic N) is 2. The van der Waals surface area contributed by atoms with Gasteiger partial charge in [0.15, 0.2) is 16.6 Å². The lowest BCUT2D eigenvalue weighted by Gasteiger charge is -2.24. The molecule has 0 saturated heterocycles. The van der Waals surface area contributed by atoms with Gasteiger partial charge in [-0.25, -0.2) is 9.78 Å². The maximum absolute atomic E-state index is 12.7. The molecular formula is C23H28N4O4S. The monoisotopic (exact) mass is 456 g/mol. The van der Waals surface area contributed by atoms with Crippen molar-refractivity contribution in [3.8, 4) is 11.5 Å². The van der Waals surface area contributed by atoms with E-state index < -0.39 is 0 Å². The molecule has 32 heavy (non-hydrogen) atoms. The van der Waals surface area contributed by atoms with E-state index in [2.05, 4.69) is 15.6 Å². The van der Waals surface area contributed by atoms with Crippen molar-refractivity contribution in [2.75, 3.05) is 26.1 Å². The van der Waals surface area contributed by atoms with Crippen LogP contribution in [0.1, 0.15) is 41.8 Å². The van der Waals surface area contributed by atoms with Crippen LogP contribution in [0.3, 0.4) is 0 Å². The highest BCUT2D eigenvalue weighted by atomic mass is 32.1. The van der Waals surface area contributed by atoms with Gasteiger partial charge in [0, 0.05) is 30.0 Å². The lowest BCUT2D eigenvalue weighted by Crippen LogP contribution is -2.36. The minimum Gasteiger partial charge on any atom is -0.493 e. The third-order valence-corrected chi connectivity index (χ3v) is 6.78. The average molecular weight is 457 g/mol. The molecule has 2 heterocycles. The predicted octanol–water partition coefficient (Wildman–Crippen LogP) is 3.82. The van der Waals surface area contributed by atoms with Crippen molar-refractivity contribution in [3.05, 3.63) is 40.4 Å². The molecule has 2 aliphatic rings. The Hall–Kier alpha value is -3.07. The predicted molar refractivity (Wildman–Crippen MR) is 124 cm³/mol. The Morgan fingerprint density at radius 2 is 1.97 bits per heavy atom. The number of urea groups is 1. The molecule has 0 unspecified atom stereocenters. The summed E-state index contributed by atoms with van der Waals surface area (Å²) in [5.74, 6) is 1.20. The van der Waals surface area contributed by atoms with Crippen molar-refractivity contribution >= 4 is 34.5 Å². The Morgan fingerprint density at radius 1 is 1.19 bits per heavy atom. The first-order valence-electron chi connectivity index (χ1n) is 10.8. The van der Waals surface area contributed by atoms with Gasteiger partial charge in [0.05, 0.1) is 26.5 Å². The zero-order valence-electron chi connectivity index (χ0n) is 18.3. The quantitative estimate of drug-likeness (QED) is 0.645. The van der Waals surface area contributed by atoms with Gasteiger partial charge in [-0.1, -0.05) is 30.2 Å². The van der Waals surface area contributed by atoms with E-state index in [1.165, 1.54) is 24.2 Å². The smallest absolute Gasteiger partial charge is 0.321 e. The second kappa shape index (κ2) is 10.0. The number of fused-ring (bicyclic) bond motifs is 1. The molecule has 1 fully saturated rings. The summed E-state index contributed by atoms with van der Waals surface area (Å²) in [5, 5.41) is 6.45. The summed E-state index contributed by atoms with van der Waals surface area (Å²) >= 11 is 1.43. The number of methoxy groups -OCH3 is 2. The number of hydrogen-bond donors (Lipinski definition) is 2. The lowest BCUT2D eigenvalue weighted by molar-refractivity contribution is -0.126. The van der Waals surface area contributed by atoms with Gasteiger partial charge in [-0.05, 0) is 36.6 Å². The van der Waals surface area contributed by atoms with E-state index in [1.807, 2.05) is 18.2 Å². The van der Waals surface area contributed by atoms with Gasteiger partial charge >= 0.3 is 6.03 Å². The first-order chi connectivity index (χ1) is 15.6. The molecule has 2 N–H and O–H groups in total. The fraction of sp³-hybridized carbons (Fsp3) is 0.435. The SMILES string of the molecule is COc1ccc(/C=C/C(=O)N2CCc3nc(NC(=O)NC4CCCC4)sc3C2)cc1OC. The number of hydrogen-bond acceptors (Lipinski definition) is 6. The van der Waals surface area contributed by atoms with Crippen LogP contribution in [-0.4, -0.2) is 48.6 Å². The summed E-state index contributed by atoms with van der Waals surface area (Å²) in [6, 6.07) is 5.57.